The fraction of sp³-hybridized carbons (Fsp3) is 0.579. The molecule has 136 valence electrons. The first-order valence-electron chi connectivity index (χ1n) is 9.17. The second-order valence-electron chi connectivity index (χ2n) is 7.29. The van der Waals surface area contributed by atoms with Crippen molar-refractivity contribution >= 4 is 17.5 Å². The Morgan fingerprint density at radius 1 is 1.08 bits per heavy atom. The Morgan fingerprint density at radius 3 is 2.40 bits per heavy atom. The highest BCUT2D eigenvalue weighted by molar-refractivity contribution is 5.96. The molecule has 2 unspecified atom stereocenters. The maximum Gasteiger partial charge on any atom is 0.253 e. The number of amides is 2. The van der Waals surface area contributed by atoms with E-state index in [9.17, 15) is 9.59 Å². The standard InChI is InChI=1S/C19H28N4O2/c1-22-9-11-23(12-10-22)19(25)14-5-7-17(8-6-14)21-18(24)15-3-2-4-16(20)13-15/h5-8,15-16H,2-4,9-13,20H2,1H3,(H,21,24). The van der Waals surface area contributed by atoms with Gasteiger partial charge in [-0.2, -0.15) is 0 Å². The van der Waals surface area contributed by atoms with E-state index < -0.39 is 0 Å². The van der Waals surface area contributed by atoms with Gasteiger partial charge in [-0.15, -0.1) is 0 Å². The Morgan fingerprint density at radius 2 is 1.76 bits per heavy atom. The zero-order valence-electron chi connectivity index (χ0n) is 14.9. The Kier molecular flexibility index (Phi) is 5.71. The molecular formula is C19H28N4O2. The van der Waals surface area contributed by atoms with Gasteiger partial charge in [-0.1, -0.05) is 6.42 Å². The highest BCUT2D eigenvalue weighted by Crippen LogP contribution is 2.24. The number of hydrogen-bond acceptors (Lipinski definition) is 4. The number of carbonyl (C=O) groups excluding carboxylic acids is 2. The Hall–Kier alpha value is -1.92. The molecule has 2 fully saturated rings. The highest BCUT2D eigenvalue weighted by Gasteiger charge is 2.25. The zero-order valence-corrected chi connectivity index (χ0v) is 14.9. The van der Waals surface area contributed by atoms with E-state index in [-0.39, 0.29) is 23.8 Å². The van der Waals surface area contributed by atoms with Crippen molar-refractivity contribution in [3.8, 4) is 0 Å². The SMILES string of the molecule is CN1CCN(C(=O)c2ccc(NC(=O)C3CCCC(N)C3)cc2)CC1. The van der Waals surface area contributed by atoms with Crippen LogP contribution in [-0.2, 0) is 4.79 Å². The summed E-state index contributed by atoms with van der Waals surface area (Å²) in [5.74, 6) is 0.0907. The van der Waals surface area contributed by atoms with Gasteiger partial charge in [0.2, 0.25) is 5.91 Å². The molecule has 25 heavy (non-hydrogen) atoms. The van der Waals surface area contributed by atoms with Gasteiger partial charge >= 0.3 is 0 Å². The molecule has 1 aliphatic carbocycles. The first-order chi connectivity index (χ1) is 12.0. The quantitative estimate of drug-likeness (QED) is 0.872. The maximum atomic E-state index is 12.5. The molecule has 1 aliphatic heterocycles. The fourth-order valence-corrected chi connectivity index (χ4v) is 3.60. The van der Waals surface area contributed by atoms with Crippen molar-refractivity contribution in [1.29, 1.82) is 0 Å². The summed E-state index contributed by atoms with van der Waals surface area (Å²) in [6.45, 7) is 3.33. The summed E-state index contributed by atoms with van der Waals surface area (Å²) >= 11 is 0. The zero-order chi connectivity index (χ0) is 17.8. The van der Waals surface area contributed by atoms with Crippen LogP contribution in [-0.4, -0.2) is 60.9 Å². The summed E-state index contributed by atoms with van der Waals surface area (Å²) in [5, 5.41) is 2.96. The predicted molar refractivity (Wildman–Crippen MR) is 98.4 cm³/mol. The van der Waals surface area contributed by atoms with Crippen molar-refractivity contribution in [2.45, 2.75) is 31.7 Å². The lowest BCUT2D eigenvalue weighted by molar-refractivity contribution is -0.120. The molecule has 1 aromatic carbocycles. The van der Waals surface area contributed by atoms with Crippen LogP contribution in [0.25, 0.3) is 0 Å². The number of hydrogen-bond donors (Lipinski definition) is 2. The predicted octanol–water partition coefficient (Wildman–Crippen LogP) is 1.53. The lowest BCUT2D eigenvalue weighted by Crippen LogP contribution is -2.47. The topological polar surface area (TPSA) is 78.7 Å². The first-order valence-corrected chi connectivity index (χ1v) is 9.17. The molecule has 2 atom stereocenters. The molecule has 0 spiro atoms. The van der Waals surface area contributed by atoms with Gasteiger partial charge in [-0.05, 0) is 50.6 Å². The van der Waals surface area contributed by atoms with E-state index in [0.717, 1.165) is 57.5 Å². The molecule has 0 bridgehead atoms. The average molecular weight is 344 g/mol. The number of nitrogens with zero attached hydrogens (tertiary/aromatic N) is 2. The summed E-state index contributed by atoms with van der Waals surface area (Å²) in [6, 6.07) is 7.34. The van der Waals surface area contributed by atoms with Crippen molar-refractivity contribution in [1.82, 2.24) is 9.80 Å². The van der Waals surface area contributed by atoms with Crippen LogP contribution in [0.4, 0.5) is 5.69 Å². The molecule has 1 saturated heterocycles. The largest absolute Gasteiger partial charge is 0.336 e. The lowest BCUT2D eigenvalue weighted by atomic mass is 9.85. The Bertz CT molecular complexity index is 608. The molecule has 1 aromatic rings. The third-order valence-corrected chi connectivity index (χ3v) is 5.28. The van der Waals surface area contributed by atoms with Gasteiger partial charge in [0.15, 0.2) is 0 Å². The van der Waals surface area contributed by atoms with Crippen molar-refractivity contribution in [2.75, 3.05) is 38.5 Å². The number of anilines is 1. The summed E-state index contributed by atoms with van der Waals surface area (Å²) in [5.41, 5.74) is 7.37. The number of carbonyl (C=O) groups is 2. The van der Waals surface area contributed by atoms with E-state index >= 15 is 0 Å². The average Bonchev–Trinajstić information content (AvgIpc) is 2.62. The Labute approximate surface area is 149 Å². The van der Waals surface area contributed by atoms with Crippen LogP contribution in [0.1, 0.15) is 36.0 Å². The number of piperazine rings is 1. The molecule has 0 radical (unpaired) electrons. The maximum absolute atomic E-state index is 12.5. The summed E-state index contributed by atoms with van der Waals surface area (Å²) in [4.78, 5) is 29.0. The molecular weight excluding hydrogens is 316 g/mol. The van der Waals surface area contributed by atoms with Gasteiger partial charge in [0.1, 0.15) is 0 Å². The van der Waals surface area contributed by atoms with Crippen LogP contribution >= 0.6 is 0 Å². The molecule has 1 heterocycles. The van der Waals surface area contributed by atoms with Gasteiger partial charge in [0.05, 0.1) is 0 Å². The molecule has 0 aromatic heterocycles. The van der Waals surface area contributed by atoms with Crippen molar-refractivity contribution < 1.29 is 9.59 Å². The van der Waals surface area contributed by atoms with Crippen LogP contribution < -0.4 is 11.1 Å². The number of nitrogens with one attached hydrogen (secondary N) is 1. The lowest BCUT2D eigenvalue weighted by Gasteiger charge is -2.32. The minimum absolute atomic E-state index is 0.00426. The van der Waals surface area contributed by atoms with Gasteiger partial charge in [0, 0.05) is 49.4 Å². The third-order valence-electron chi connectivity index (χ3n) is 5.28. The molecule has 3 rings (SSSR count). The first kappa shape index (κ1) is 17.9. The third kappa shape index (κ3) is 4.58. The fourth-order valence-electron chi connectivity index (χ4n) is 3.60. The minimum Gasteiger partial charge on any atom is -0.336 e. The van der Waals surface area contributed by atoms with E-state index in [0.29, 0.717) is 5.56 Å². The van der Waals surface area contributed by atoms with Crippen LogP contribution in [0.3, 0.4) is 0 Å². The van der Waals surface area contributed by atoms with E-state index in [1.54, 1.807) is 12.1 Å². The summed E-state index contributed by atoms with van der Waals surface area (Å²) in [6.07, 6.45) is 3.68. The Balaban J connectivity index is 1.56. The van der Waals surface area contributed by atoms with E-state index in [2.05, 4.69) is 17.3 Å². The van der Waals surface area contributed by atoms with Crippen molar-refractivity contribution in [3.63, 3.8) is 0 Å². The molecule has 3 N–H and O–H groups in total. The summed E-state index contributed by atoms with van der Waals surface area (Å²) in [7, 11) is 2.07. The van der Waals surface area contributed by atoms with Gasteiger partial charge in [-0.3, -0.25) is 9.59 Å². The second kappa shape index (κ2) is 7.97. The van der Waals surface area contributed by atoms with Crippen LogP contribution in [0.15, 0.2) is 24.3 Å². The second-order valence-corrected chi connectivity index (χ2v) is 7.29. The van der Waals surface area contributed by atoms with Crippen LogP contribution in [0, 0.1) is 5.92 Å². The number of nitrogens with two attached hydrogens (primary N) is 1. The van der Waals surface area contributed by atoms with E-state index in [4.69, 9.17) is 5.73 Å². The monoisotopic (exact) mass is 344 g/mol. The molecule has 6 heteroatoms. The number of benzene rings is 1. The normalized spacial score (nSPS) is 24.8. The molecule has 1 saturated carbocycles. The van der Waals surface area contributed by atoms with Crippen molar-refractivity contribution in [3.05, 3.63) is 29.8 Å². The molecule has 2 amide bonds. The molecule has 2 aliphatic rings. The van der Waals surface area contributed by atoms with Crippen LogP contribution in [0.2, 0.25) is 0 Å². The van der Waals surface area contributed by atoms with Crippen molar-refractivity contribution in [2.24, 2.45) is 11.7 Å². The van der Waals surface area contributed by atoms with Crippen LogP contribution in [0.5, 0.6) is 0 Å². The minimum atomic E-state index is -0.00426. The van der Waals surface area contributed by atoms with Gasteiger partial charge < -0.3 is 20.9 Å². The summed E-state index contributed by atoms with van der Waals surface area (Å²) < 4.78 is 0. The van der Waals surface area contributed by atoms with E-state index in [1.165, 1.54) is 0 Å². The highest BCUT2D eigenvalue weighted by atomic mass is 16.2. The molecule has 6 nitrogen and oxygen atoms in total. The van der Waals surface area contributed by atoms with Gasteiger partial charge in [0.25, 0.3) is 5.91 Å². The van der Waals surface area contributed by atoms with E-state index in [1.807, 2.05) is 17.0 Å². The van der Waals surface area contributed by atoms with Gasteiger partial charge in [-0.25, -0.2) is 0 Å². The number of rotatable bonds is 3. The number of likely N-dealkylation sites (N-methyl/N-ethyl adjacent to an activating group) is 1. The smallest absolute Gasteiger partial charge is 0.253 e.